The van der Waals surface area contributed by atoms with Crippen LogP contribution in [0.4, 0.5) is 5.82 Å². The molecule has 0 bridgehead atoms. The van der Waals surface area contributed by atoms with Gasteiger partial charge in [0.05, 0.1) is 18.5 Å². The second-order valence-electron chi connectivity index (χ2n) is 6.61. The zero-order chi connectivity index (χ0) is 20.8. The lowest BCUT2D eigenvalue weighted by atomic mass is 10.2. The summed E-state index contributed by atoms with van der Waals surface area (Å²) in [5, 5.41) is 10.1. The van der Waals surface area contributed by atoms with Crippen molar-refractivity contribution in [1.29, 1.82) is 0 Å². The third-order valence-corrected chi connectivity index (χ3v) is 5.89. The predicted octanol–water partition coefficient (Wildman–Crippen LogP) is 2.02. The monoisotopic (exact) mass is 417 g/mol. The lowest BCUT2D eigenvalue weighted by Crippen LogP contribution is -2.40. The van der Waals surface area contributed by atoms with Gasteiger partial charge in [-0.1, -0.05) is 13.8 Å². The van der Waals surface area contributed by atoms with Gasteiger partial charge in [-0.3, -0.25) is 9.59 Å². The lowest BCUT2D eigenvalue weighted by molar-refractivity contribution is -0.136. The third kappa shape index (κ3) is 4.91. The van der Waals surface area contributed by atoms with Crippen molar-refractivity contribution >= 4 is 29.4 Å². The summed E-state index contributed by atoms with van der Waals surface area (Å²) < 4.78 is 6.89. The van der Waals surface area contributed by atoms with Gasteiger partial charge in [0.2, 0.25) is 0 Å². The molecule has 0 aliphatic carbocycles. The van der Waals surface area contributed by atoms with Crippen molar-refractivity contribution in [2.24, 2.45) is 0 Å². The SMILES string of the molecule is CCN(CC)CCNC(=O)C(=O)Nc1c2c(nn1-c1ccc(OC)cc1)CSC2. The van der Waals surface area contributed by atoms with Crippen LogP contribution in [0.5, 0.6) is 5.75 Å². The number of nitrogens with one attached hydrogen (secondary N) is 2. The van der Waals surface area contributed by atoms with Crippen LogP contribution >= 0.6 is 11.8 Å². The third-order valence-electron chi connectivity index (χ3n) is 4.92. The van der Waals surface area contributed by atoms with Crippen LogP contribution in [0.1, 0.15) is 25.1 Å². The number of fused-ring (bicyclic) bond motifs is 1. The van der Waals surface area contributed by atoms with E-state index in [4.69, 9.17) is 4.74 Å². The van der Waals surface area contributed by atoms with Gasteiger partial charge in [0, 0.05) is 30.2 Å². The van der Waals surface area contributed by atoms with Gasteiger partial charge in [0.25, 0.3) is 0 Å². The molecule has 0 unspecified atom stereocenters. The molecule has 0 fully saturated rings. The van der Waals surface area contributed by atoms with Crippen molar-refractivity contribution in [2.45, 2.75) is 25.4 Å². The molecule has 2 heterocycles. The first-order chi connectivity index (χ1) is 14.1. The molecule has 1 aromatic heterocycles. The fourth-order valence-corrected chi connectivity index (χ4v) is 4.20. The number of anilines is 1. The Hall–Kier alpha value is -2.52. The summed E-state index contributed by atoms with van der Waals surface area (Å²) in [5.41, 5.74) is 2.70. The number of nitrogens with zero attached hydrogens (tertiary/aromatic N) is 3. The molecule has 2 amide bonds. The van der Waals surface area contributed by atoms with E-state index in [1.165, 1.54) is 0 Å². The molecule has 0 radical (unpaired) electrons. The highest BCUT2D eigenvalue weighted by Gasteiger charge is 2.26. The Morgan fingerprint density at radius 3 is 2.55 bits per heavy atom. The average Bonchev–Trinajstić information content (AvgIpc) is 3.33. The minimum atomic E-state index is -0.682. The Bertz CT molecular complexity index is 862. The van der Waals surface area contributed by atoms with E-state index in [-0.39, 0.29) is 0 Å². The molecular formula is C20H27N5O3S. The fraction of sp³-hybridized carbons (Fsp3) is 0.450. The van der Waals surface area contributed by atoms with Gasteiger partial charge in [-0.05, 0) is 37.4 Å². The lowest BCUT2D eigenvalue weighted by Gasteiger charge is -2.17. The average molecular weight is 418 g/mol. The second kappa shape index (κ2) is 9.80. The molecule has 1 aliphatic heterocycles. The molecule has 0 saturated heterocycles. The maximum atomic E-state index is 12.5. The summed E-state index contributed by atoms with van der Waals surface area (Å²) in [4.78, 5) is 27.0. The van der Waals surface area contributed by atoms with Gasteiger partial charge >= 0.3 is 11.8 Å². The highest BCUT2D eigenvalue weighted by Crippen LogP contribution is 2.36. The highest BCUT2D eigenvalue weighted by molar-refractivity contribution is 7.98. The van der Waals surface area contributed by atoms with Crippen LogP contribution in [0.2, 0.25) is 0 Å². The van der Waals surface area contributed by atoms with E-state index >= 15 is 0 Å². The molecule has 156 valence electrons. The molecule has 2 N–H and O–H groups in total. The van der Waals surface area contributed by atoms with Crippen LogP contribution in [-0.4, -0.2) is 59.8 Å². The molecule has 1 aliphatic rings. The first-order valence-corrected chi connectivity index (χ1v) is 10.9. The molecule has 0 atom stereocenters. The van der Waals surface area contributed by atoms with Crippen LogP contribution < -0.4 is 15.4 Å². The number of benzene rings is 1. The van der Waals surface area contributed by atoms with E-state index in [9.17, 15) is 9.59 Å². The summed E-state index contributed by atoms with van der Waals surface area (Å²) in [7, 11) is 1.61. The van der Waals surface area contributed by atoms with E-state index < -0.39 is 11.8 Å². The summed E-state index contributed by atoms with van der Waals surface area (Å²) in [6.45, 7) is 7.09. The Kier molecular flexibility index (Phi) is 7.16. The van der Waals surface area contributed by atoms with Gasteiger partial charge in [0.1, 0.15) is 11.6 Å². The topological polar surface area (TPSA) is 88.5 Å². The smallest absolute Gasteiger partial charge is 0.314 e. The minimum Gasteiger partial charge on any atom is -0.497 e. The Labute approximate surface area is 175 Å². The summed E-state index contributed by atoms with van der Waals surface area (Å²) in [6.07, 6.45) is 0. The molecule has 2 aromatic rings. The molecule has 3 rings (SSSR count). The van der Waals surface area contributed by atoms with Crippen molar-refractivity contribution in [1.82, 2.24) is 20.0 Å². The number of amides is 2. The van der Waals surface area contributed by atoms with Crippen LogP contribution in [-0.2, 0) is 21.1 Å². The van der Waals surface area contributed by atoms with Crippen LogP contribution in [0.15, 0.2) is 24.3 Å². The van der Waals surface area contributed by atoms with Crippen molar-refractivity contribution in [3.8, 4) is 11.4 Å². The molecule has 0 spiro atoms. The normalized spacial score (nSPS) is 12.7. The number of aromatic nitrogens is 2. The highest BCUT2D eigenvalue weighted by atomic mass is 32.2. The largest absolute Gasteiger partial charge is 0.497 e. The number of ether oxygens (including phenoxy) is 1. The number of rotatable bonds is 8. The van der Waals surface area contributed by atoms with E-state index in [1.54, 1.807) is 23.6 Å². The maximum Gasteiger partial charge on any atom is 0.314 e. The standard InChI is InChI=1S/C20H27N5O3S/c1-4-24(5-2)11-10-21-19(26)20(27)22-18-16-12-29-13-17(16)23-25(18)14-6-8-15(28-3)9-7-14/h6-9H,4-5,10-13H2,1-3H3,(H,21,26)(H,22,27). The zero-order valence-electron chi connectivity index (χ0n) is 17.0. The quantitative estimate of drug-likeness (QED) is 0.639. The van der Waals surface area contributed by atoms with Gasteiger partial charge in [-0.25, -0.2) is 4.68 Å². The number of carbonyl (C=O) groups is 2. The minimum absolute atomic E-state index is 0.430. The summed E-state index contributed by atoms with van der Waals surface area (Å²) in [5.74, 6) is 1.52. The molecular weight excluding hydrogens is 390 g/mol. The Morgan fingerprint density at radius 2 is 1.90 bits per heavy atom. The van der Waals surface area contributed by atoms with Gasteiger partial charge in [-0.15, -0.1) is 0 Å². The summed E-state index contributed by atoms with van der Waals surface area (Å²) >= 11 is 1.74. The number of methoxy groups -OCH3 is 1. The second-order valence-corrected chi connectivity index (χ2v) is 7.60. The van der Waals surface area contributed by atoms with E-state index in [1.807, 2.05) is 24.3 Å². The number of carbonyl (C=O) groups excluding carboxylic acids is 2. The van der Waals surface area contributed by atoms with Crippen LogP contribution in [0.3, 0.4) is 0 Å². The predicted molar refractivity (Wildman–Crippen MR) is 115 cm³/mol. The molecule has 8 nitrogen and oxygen atoms in total. The molecule has 0 saturated carbocycles. The van der Waals surface area contributed by atoms with E-state index in [2.05, 4.69) is 34.5 Å². The van der Waals surface area contributed by atoms with Gasteiger partial charge < -0.3 is 20.3 Å². The van der Waals surface area contributed by atoms with Crippen molar-refractivity contribution in [2.75, 3.05) is 38.6 Å². The van der Waals surface area contributed by atoms with Crippen LogP contribution in [0.25, 0.3) is 5.69 Å². The molecule has 1 aromatic carbocycles. The molecule has 29 heavy (non-hydrogen) atoms. The van der Waals surface area contributed by atoms with Crippen LogP contribution in [0, 0.1) is 0 Å². The molecule has 9 heteroatoms. The first kappa shape index (κ1) is 21.2. The van der Waals surface area contributed by atoms with Crippen molar-refractivity contribution in [3.63, 3.8) is 0 Å². The number of hydrogen-bond donors (Lipinski definition) is 2. The van der Waals surface area contributed by atoms with Gasteiger partial charge in [-0.2, -0.15) is 16.9 Å². The van der Waals surface area contributed by atoms with E-state index in [0.29, 0.717) is 18.9 Å². The fourth-order valence-electron chi connectivity index (χ4n) is 3.16. The number of thioether (sulfide) groups is 1. The Morgan fingerprint density at radius 1 is 1.17 bits per heavy atom. The number of hydrogen-bond acceptors (Lipinski definition) is 6. The zero-order valence-corrected chi connectivity index (χ0v) is 17.8. The van der Waals surface area contributed by atoms with E-state index in [0.717, 1.165) is 47.3 Å². The first-order valence-electron chi connectivity index (χ1n) is 9.71. The van der Waals surface area contributed by atoms with Crippen molar-refractivity contribution < 1.29 is 14.3 Å². The Balaban J connectivity index is 1.72. The summed E-state index contributed by atoms with van der Waals surface area (Å²) in [6, 6.07) is 7.41. The maximum absolute atomic E-state index is 12.5. The number of likely N-dealkylation sites (N-methyl/N-ethyl adjacent to an activating group) is 1. The van der Waals surface area contributed by atoms with Crippen molar-refractivity contribution in [3.05, 3.63) is 35.5 Å². The van der Waals surface area contributed by atoms with Gasteiger partial charge in [0.15, 0.2) is 0 Å².